The molecule has 0 fully saturated rings. The van der Waals surface area contributed by atoms with Crippen LogP contribution < -0.4 is 0 Å². The van der Waals surface area contributed by atoms with Gasteiger partial charge in [0.05, 0.1) is 0 Å². The molecule has 0 aliphatic heterocycles. The molecule has 0 bridgehead atoms. The SMILES string of the molecule is O=C(O)[C@@H](O)[C@H](O)[C@H](O)[C@H](O)C(=O)O.[O]=[Fe][OH]. The quantitative estimate of drug-likeness (QED) is 0.245. The van der Waals surface area contributed by atoms with Crippen LogP contribution >= 0.6 is 0 Å². The van der Waals surface area contributed by atoms with E-state index in [1.54, 1.807) is 0 Å². The molecule has 0 radical (unpaired) electrons. The van der Waals surface area contributed by atoms with Gasteiger partial charge in [-0.15, -0.1) is 0 Å². The van der Waals surface area contributed by atoms with Crippen LogP contribution in [0.15, 0.2) is 0 Å². The van der Waals surface area contributed by atoms with Gasteiger partial charge in [-0.05, 0) is 0 Å². The van der Waals surface area contributed by atoms with Crippen LogP contribution in [-0.4, -0.2) is 71.2 Å². The van der Waals surface area contributed by atoms with Crippen LogP contribution in [0.1, 0.15) is 0 Å². The number of carbonyl (C=O) groups is 2. The Morgan fingerprint density at radius 1 is 0.824 bits per heavy atom. The van der Waals surface area contributed by atoms with E-state index in [0.29, 0.717) is 0 Å². The Kier molecular flexibility index (Phi) is 9.89. The minimum absolute atomic E-state index is 1.00. The summed E-state index contributed by atoms with van der Waals surface area (Å²) in [4.78, 5) is 20.2. The van der Waals surface area contributed by atoms with Gasteiger partial charge in [0.2, 0.25) is 0 Å². The molecule has 0 aromatic heterocycles. The Morgan fingerprint density at radius 3 is 1.12 bits per heavy atom. The molecule has 0 saturated carbocycles. The molecule has 0 aromatic carbocycles. The molecule has 10 nitrogen and oxygen atoms in total. The maximum atomic E-state index is 10.1. The van der Waals surface area contributed by atoms with Crippen LogP contribution in [0.5, 0.6) is 0 Å². The van der Waals surface area contributed by atoms with Crippen molar-refractivity contribution >= 4 is 11.9 Å². The molecule has 7 N–H and O–H groups in total. The zero-order valence-corrected chi connectivity index (χ0v) is 9.12. The summed E-state index contributed by atoms with van der Waals surface area (Å²) in [5.74, 6) is -3.68. The summed E-state index contributed by atoms with van der Waals surface area (Å²) in [6, 6.07) is 0. The molecular formula is C6H11FeO10. The Hall–Kier alpha value is -0.941. The number of hydrogen-bond donors (Lipinski definition) is 7. The number of aliphatic hydroxyl groups is 4. The van der Waals surface area contributed by atoms with Crippen molar-refractivity contribution in [2.24, 2.45) is 0 Å². The zero-order chi connectivity index (χ0) is 14.2. The van der Waals surface area contributed by atoms with E-state index in [1.807, 2.05) is 0 Å². The van der Waals surface area contributed by atoms with Gasteiger partial charge in [0.25, 0.3) is 0 Å². The first-order valence-electron chi connectivity index (χ1n) is 3.77. The third-order valence-electron chi connectivity index (χ3n) is 1.50. The van der Waals surface area contributed by atoms with Crippen molar-refractivity contribution in [3.05, 3.63) is 0 Å². The van der Waals surface area contributed by atoms with Crippen LogP contribution in [0.3, 0.4) is 0 Å². The monoisotopic (exact) mass is 299 g/mol. The summed E-state index contributed by atoms with van der Waals surface area (Å²) in [6.45, 7) is 0. The van der Waals surface area contributed by atoms with Gasteiger partial charge in [-0.2, -0.15) is 0 Å². The fourth-order valence-electron chi connectivity index (χ4n) is 0.666. The number of carboxylic acids is 2. The van der Waals surface area contributed by atoms with Crippen molar-refractivity contribution in [1.82, 2.24) is 0 Å². The molecule has 0 heterocycles. The predicted octanol–water partition coefficient (Wildman–Crippen LogP) is -4.08. The first kappa shape index (κ1) is 18.4. The van der Waals surface area contributed by atoms with E-state index >= 15 is 0 Å². The van der Waals surface area contributed by atoms with Crippen molar-refractivity contribution in [3.8, 4) is 0 Å². The first-order valence-corrected chi connectivity index (χ1v) is 4.71. The van der Waals surface area contributed by atoms with Gasteiger partial charge >= 0.3 is 35.2 Å². The Bertz CT molecular complexity index is 244. The van der Waals surface area contributed by atoms with E-state index in [9.17, 15) is 9.59 Å². The van der Waals surface area contributed by atoms with Crippen molar-refractivity contribution in [2.45, 2.75) is 24.4 Å². The first-order chi connectivity index (χ1) is 7.70. The van der Waals surface area contributed by atoms with Crippen LogP contribution in [-0.2, 0) is 28.6 Å². The molecule has 0 aromatic rings. The average molecular weight is 299 g/mol. The molecule has 11 heteroatoms. The molecular weight excluding hydrogens is 288 g/mol. The van der Waals surface area contributed by atoms with Crippen LogP contribution in [0.25, 0.3) is 0 Å². The topological polar surface area (TPSA) is 193 Å². The van der Waals surface area contributed by atoms with E-state index in [1.165, 1.54) is 0 Å². The second-order valence-electron chi connectivity index (χ2n) is 2.61. The molecule has 0 rings (SSSR count). The van der Waals surface area contributed by atoms with Gasteiger partial charge in [0.15, 0.2) is 12.2 Å². The fraction of sp³-hybridized carbons (Fsp3) is 0.667. The molecule has 0 aliphatic carbocycles. The second-order valence-corrected chi connectivity index (χ2v) is 2.81. The Morgan fingerprint density at radius 2 is 1.00 bits per heavy atom. The summed E-state index contributed by atoms with van der Waals surface area (Å²) in [7, 11) is 0. The number of aliphatic hydroxyl groups excluding tert-OH is 4. The van der Waals surface area contributed by atoms with Crippen LogP contribution in [0.4, 0.5) is 0 Å². The van der Waals surface area contributed by atoms with E-state index in [-0.39, 0.29) is 0 Å². The minimum atomic E-state index is -2.36. The number of carboxylic acid groups (broad SMARTS) is 2. The number of rotatable bonds is 5. The van der Waals surface area contributed by atoms with E-state index < -0.39 is 51.6 Å². The van der Waals surface area contributed by atoms with E-state index in [0.717, 1.165) is 0 Å². The van der Waals surface area contributed by atoms with Gasteiger partial charge in [-0.25, -0.2) is 9.59 Å². The summed E-state index contributed by atoms with van der Waals surface area (Å²) in [5, 5.41) is 51.5. The summed E-state index contributed by atoms with van der Waals surface area (Å²) in [6.07, 6.45) is -9.28. The maximum absolute atomic E-state index is 10.1. The third-order valence-corrected chi connectivity index (χ3v) is 1.50. The van der Waals surface area contributed by atoms with E-state index in [4.69, 9.17) is 38.7 Å². The van der Waals surface area contributed by atoms with Gasteiger partial charge in [-0.3, -0.25) is 0 Å². The van der Waals surface area contributed by atoms with Gasteiger partial charge in [0, 0.05) is 0 Å². The summed E-state index contributed by atoms with van der Waals surface area (Å²) >= 11 is -1.00. The fourth-order valence-corrected chi connectivity index (χ4v) is 0.666. The molecule has 0 spiro atoms. The molecule has 0 unspecified atom stereocenters. The zero-order valence-electron chi connectivity index (χ0n) is 8.02. The number of aliphatic carboxylic acids is 2. The third kappa shape index (κ3) is 7.07. The van der Waals surface area contributed by atoms with Crippen molar-refractivity contribution in [3.63, 3.8) is 0 Å². The second kappa shape index (κ2) is 9.13. The summed E-state index contributed by atoms with van der Waals surface area (Å²) < 4.78 is 15.5. The molecule has 0 amide bonds. The molecule has 4 atom stereocenters. The van der Waals surface area contributed by atoms with Crippen molar-refractivity contribution in [1.29, 1.82) is 0 Å². The predicted molar refractivity (Wildman–Crippen MR) is 42.2 cm³/mol. The average Bonchev–Trinajstić information content (AvgIpc) is 2.25. The van der Waals surface area contributed by atoms with Gasteiger partial charge in [0.1, 0.15) is 12.2 Å². The van der Waals surface area contributed by atoms with Crippen molar-refractivity contribution < 1.29 is 63.5 Å². The van der Waals surface area contributed by atoms with Gasteiger partial charge in [-0.1, -0.05) is 0 Å². The number of hydrogen-bond acceptors (Lipinski definition) is 7. The molecule has 0 saturated heterocycles. The van der Waals surface area contributed by atoms with E-state index in [2.05, 4.69) is 0 Å². The molecule has 103 valence electrons. The van der Waals surface area contributed by atoms with Crippen molar-refractivity contribution in [2.75, 3.05) is 0 Å². The van der Waals surface area contributed by atoms with Crippen LogP contribution in [0, 0.1) is 0 Å². The van der Waals surface area contributed by atoms with Crippen LogP contribution in [0.2, 0.25) is 0 Å². The molecule has 17 heavy (non-hydrogen) atoms. The summed E-state index contributed by atoms with van der Waals surface area (Å²) in [5.41, 5.74) is 0. The Labute approximate surface area is 100 Å². The van der Waals surface area contributed by atoms with Gasteiger partial charge < -0.3 is 30.6 Å². The molecule has 0 aliphatic rings. The standard InChI is InChI=1S/C6H10O8.Fe.H2O.O/c7-1(3(9)5(11)12)2(8)4(10)6(13)14;;;/h1-4,7-10H,(H,11,12)(H,13,14);;1H2;/q;+1;;/p-1/t1-,2+,3-,4-;;;/m0.../s1. The Balaban J connectivity index is 0. The normalized spacial score (nSPS) is 17.0.